The van der Waals surface area contributed by atoms with Crippen molar-refractivity contribution in [3.8, 4) is 0 Å². The minimum atomic E-state index is -0.223. The molecule has 1 nitrogen and oxygen atoms in total. The van der Waals surface area contributed by atoms with Gasteiger partial charge in [0.25, 0.3) is 0 Å². The molecule has 0 aliphatic rings. The number of halogens is 1. The van der Waals surface area contributed by atoms with Gasteiger partial charge in [0.05, 0.1) is 0 Å². The minimum absolute atomic E-state index is 0.112. The highest BCUT2D eigenvalue weighted by molar-refractivity contribution is 5.33. The molecule has 0 saturated carbocycles. The molecule has 2 N–H and O–H groups in total. The van der Waals surface area contributed by atoms with E-state index in [0.717, 1.165) is 18.4 Å². The smallest absolute Gasteiger partial charge is 0.123 e. The van der Waals surface area contributed by atoms with E-state index in [1.54, 1.807) is 12.1 Å². The first-order valence-electron chi connectivity index (χ1n) is 7.20. The quantitative estimate of drug-likeness (QED) is 0.846. The van der Waals surface area contributed by atoms with Crippen LogP contribution in [0.3, 0.4) is 0 Å². The van der Waals surface area contributed by atoms with Gasteiger partial charge >= 0.3 is 0 Å². The molecule has 0 aromatic heterocycles. The maximum absolute atomic E-state index is 13.1. The lowest BCUT2D eigenvalue weighted by molar-refractivity contribution is 0.322. The highest BCUT2D eigenvalue weighted by Crippen LogP contribution is 2.41. The molecule has 2 aromatic rings. The molecule has 20 heavy (non-hydrogen) atoms. The van der Waals surface area contributed by atoms with Crippen molar-refractivity contribution >= 4 is 0 Å². The summed E-state index contributed by atoms with van der Waals surface area (Å²) in [4.78, 5) is 0. The van der Waals surface area contributed by atoms with E-state index in [9.17, 15) is 4.39 Å². The van der Waals surface area contributed by atoms with E-state index in [-0.39, 0.29) is 17.3 Å². The molecule has 106 valence electrons. The van der Waals surface area contributed by atoms with Crippen molar-refractivity contribution in [1.29, 1.82) is 0 Å². The number of benzene rings is 2. The van der Waals surface area contributed by atoms with Gasteiger partial charge < -0.3 is 5.73 Å². The third-order valence-electron chi connectivity index (χ3n) is 4.43. The van der Waals surface area contributed by atoms with Crippen LogP contribution in [0.25, 0.3) is 0 Å². The van der Waals surface area contributed by atoms with Crippen LogP contribution in [0.15, 0.2) is 54.6 Å². The minimum Gasteiger partial charge on any atom is -0.323 e. The number of nitrogens with two attached hydrogens (primary N) is 1. The first kappa shape index (κ1) is 14.7. The number of hydrogen-bond acceptors (Lipinski definition) is 1. The molecule has 0 aliphatic heterocycles. The second-order valence-electron chi connectivity index (χ2n) is 5.26. The van der Waals surface area contributed by atoms with Crippen LogP contribution in [0.4, 0.5) is 4.39 Å². The fourth-order valence-electron chi connectivity index (χ4n) is 3.04. The summed E-state index contributed by atoms with van der Waals surface area (Å²) in [6, 6.07) is 16.8. The largest absolute Gasteiger partial charge is 0.323 e. The molecule has 2 rings (SSSR count). The van der Waals surface area contributed by atoms with Gasteiger partial charge in [-0.15, -0.1) is 0 Å². The first-order chi connectivity index (χ1) is 9.64. The molecule has 0 aliphatic carbocycles. The summed E-state index contributed by atoms with van der Waals surface area (Å²) >= 11 is 0. The Bertz CT molecular complexity index is 529. The van der Waals surface area contributed by atoms with Crippen molar-refractivity contribution in [2.45, 2.75) is 38.1 Å². The zero-order valence-corrected chi connectivity index (χ0v) is 12.1. The molecule has 2 aromatic carbocycles. The van der Waals surface area contributed by atoms with Gasteiger partial charge in [-0.25, -0.2) is 4.39 Å². The molecule has 2 heteroatoms. The Hall–Kier alpha value is -1.67. The van der Waals surface area contributed by atoms with E-state index in [1.807, 2.05) is 18.2 Å². The zero-order chi connectivity index (χ0) is 14.6. The van der Waals surface area contributed by atoms with Gasteiger partial charge in [-0.2, -0.15) is 0 Å². The van der Waals surface area contributed by atoms with Gasteiger partial charge in [0, 0.05) is 11.5 Å². The van der Waals surface area contributed by atoms with E-state index in [4.69, 9.17) is 5.73 Å². The van der Waals surface area contributed by atoms with Crippen LogP contribution >= 0.6 is 0 Å². The maximum atomic E-state index is 13.1. The lowest BCUT2D eigenvalue weighted by Crippen LogP contribution is -2.37. The standard InChI is InChI=1S/C18H22FN/c1-3-18(4-2,15-8-6-5-7-9-15)17(20)14-10-12-16(19)13-11-14/h5-13,17H,3-4,20H2,1-2H3. The predicted octanol–water partition coefficient (Wildman–Crippen LogP) is 4.58. The molecular weight excluding hydrogens is 249 g/mol. The van der Waals surface area contributed by atoms with Crippen molar-refractivity contribution in [1.82, 2.24) is 0 Å². The Morgan fingerprint density at radius 3 is 2.00 bits per heavy atom. The van der Waals surface area contributed by atoms with Crippen molar-refractivity contribution in [2.24, 2.45) is 5.73 Å². The molecule has 0 spiro atoms. The first-order valence-corrected chi connectivity index (χ1v) is 7.20. The number of rotatable bonds is 5. The summed E-state index contributed by atoms with van der Waals surface area (Å²) in [6.45, 7) is 4.33. The second-order valence-corrected chi connectivity index (χ2v) is 5.26. The van der Waals surface area contributed by atoms with Crippen molar-refractivity contribution < 1.29 is 4.39 Å². The summed E-state index contributed by atoms with van der Waals surface area (Å²) < 4.78 is 13.1. The molecule has 0 amide bonds. The summed E-state index contributed by atoms with van der Waals surface area (Å²) in [5.74, 6) is -0.223. The average molecular weight is 271 g/mol. The zero-order valence-electron chi connectivity index (χ0n) is 12.1. The van der Waals surface area contributed by atoms with Crippen LogP contribution in [-0.2, 0) is 5.41 Å². The Labute approximate surface area is 120 Å². The third-order valence-corrected chi connectivity index (χ3v) is 4.43. The maximum Gasteiger partial charge on any atom is 0.123 e. The molecule has 0 fully saturated rings. The second kappa shape index (κ2) is 6.19. The topological polar surface area (TPSA) is 26.0 Å². The lowest BCUT2D eigenvalue weighted by Gasteiger charge is -2.38. The monoisotopic (exact) mass is 271 g/mol. The molecule has 1 atom stereocenters. The Balaban J connectivity index is 2.45. The van der Waals surface area contributed by atoms with Crippen LogP contribution in [0.2, 0.25) is 0 Å². The molecule has 1 unspecified atom stereocenters. The van der Waals surface area contributed by atoms with Crippen LogP contribution in [0.1, 0.15) is 43.9 Å². The highest BCUT2D eigenvalue weighted by atomic mass is 19.1. The normalized spacial score (nSPS) is 13.2. The Kier molecular flexibility index (Phi) is 4.56. The summed E-state index contributed by atoms with van der Waals surface area (Å²) in [5, 5.41) is 0. The Morgan fingerprint density at radius 2 is 1.50 bits per heavy atom. The summed E-state index contributed by atoms with van der Waals surface area (Å²) in [5.41, 5.74) is 8.68. The van der Waals surface area contributed by atoms with E-state index in [0.29, 0.717) is 0 Å². The fourth-order valence-corrected chi connectivity index (χ4v) is 3.04. The molecule has 0 radical (unpaired) electrons. The fraction of sp³-hybridized carbons (Fsp3) is 0.333. The Morgan fingerprint density at radius 1 is 0.950 bits per heavy atom. The van der Waals surface area contributed by atoms with E-state index in [1.165, 1.54) is 17.7 Å². The van der Waals surface area contributed by atoms with Crippen molar-refractivity contribution in [3.63, 3.8) is 0 Å². The molecule has 0 bridgehead atoms. The van der Waals surface area contributed by atoms with Crippen LogP contribution in [-0.4, -0.2) is 0 Å². The summed E-state index contributed by atoms with van der Waals surface area (Å²) in [7, 11) is 0. The van der Waals surface area contributed by atoms with Crippen LogP contribution < -0.4 is 5.73 Å². The molecular formula is C18H22FN. The predicted molar refractivity (Wildman–Crippen MR) is 82.0 cm³/mol. The molecule has 0 heterocycles. The van der Waals surface area contributed by atoms with Gasteiger partial charge in [-0.1, -0.05) is 56.3 Å². The third kappa shape index (κ3) is 2.61. The van der Waals surface area contributed by atoms with E-state index >= 15 is 0 Å². The molecule has 0 saturated heterocycles. The van der Waals surface area contributed by atoms with Crippen molar-refractivity contribution in [3.05, 3.63) is 71.5 Å². The van der Waals surface area contributed by atoms with Crippen LogP contribution in [0.5, 0.6) is 0 Å². The van der Waals surface area contributed by atoms with Gasteiger partial charge in [0.1, 0.15) is 5.82 Å². The number of hydrogen-bond donors (Lipinski definition) is 1. The van der Waals surface area contributed by atoms with Gasteiger partial charge in [-0.05, 0) is 36.1 Å². The van der Waals surface area contributed by atoms with Gasteiger partial charge in [0.15, 0.2) is 0 Å². The lowest BCUT2D eigenvalue weighted by atomic mass is 9.68. The van der Waals surface area contributed by atoms with E-state index < -0.39 is 0 Å². The van der Waals surface area contributed by atoms with E-state index in [2.05, 4.69) is 26.0 Å². The van der Waals surface area contributed by atoms with Crippen LogP contribution in [0, 0.1) is 5.82 Å². The van der Waals surface area contributed by atoms with Gasteiger partial charge in [0.2, 0.25) is 0 Å². The highest BCUT2D eigenvalue weighted by Gasteiger charge is 2.35. The van der Waals surface area contributed by atoms with Gasteiger partial charge in [-0.3, -0.25) is 0 Å². The average Bonchev–Trinajstić information content (AvgIpc) is 2.51. The SMILES string of the molecule is CCC(CC)(c1ccccc1)C(N)c1ccc(F)cc1. The van der Waals surface area contributed by atoms with Crippen molar-refractivity contribution in [2.75, 3.05) is 0 Å². The summed E-state index contributed by atoms with van der Waals surface area (Å²) in [6.07, 6.45) is 1.90.